The summed E-state index contributed by atoms with van der Waals surface area (Å²) in [6.07, 6.45) is 2.15. The summed E-state index contributed by atoms with van der Waals surface area (Å²) >= 11 is 0. The minimum Gasteiger partial charge on any atom is -0.379 e. The van der Waals surface area contributed by atoms with Crippen molar-refractivity contribution in [2.75, 3.05) is 31.6 Å². The van der Waals surface area contributed by atoms with E-state index in [1.54, 1.807) is 0 Å². The Balaban J connectivity index is 1.19. The van der Waals surface area contributed by atoms with Crippen molar-refractivity contribution in [1.82, 2.24) is 24.8 Å². The molecule has 2 aromatic carbocycles. The fourth-order valence-corrected chi connectivity index (χ4v) is 4.62. The SMILES string of the molecule is CC(c1ccc(-c2cccc3nc(Nc4ccc(C(=O)NC5CC5)cc4)nn23)cc1)N1CCOCC1. The molecule has 1 saturated carbocycles. The van der Waals surface area contributed by atoms with Gasteiger partial charge in [0.25, 0.3) is 5.91 Å². The molecule has 8 heteroatoms. The second-order valence-corrected chi connectivity index (χ2v) is 9.51. The molecule has 36 heavy (non-hydrogen) atoms. The standard InChI is InChI=1S/C28H30N6O2/c1-19(33-15-17-36-18-16-33)20-5-7-21(8-6-20)25-3-2-4-26-31-28(32-34(25)26)30-24-11-9-22(10-12-24)27(35)29-23-13-14-23/h2-12,19,23H,13-18H2,1H3,(H,29,35)(H,30,32). The van der Waals surface area contributed by atoms with Crippen LogP contribution in [0, 0.1) is 0 Å². The first kappa shape index (κ1) is 22.7. The molecule has 4 aromatic rings. The lowest BCUT2D eigenvalue weighted by molar-refractivity contribution is 0.0198. The molecule has 1 amide bonds. The zero-order valence-corrected chi connectivity index (χ0v) is 20.4. The van der Waals surface area contributed by atoms with E-state index in [-0.39, 0.29) is 5.91 Å². The summed E-state index contributed by atoms with van der Waals surface area (Å²) in [6.45, 7) is 5.78. The number of fused-ring (bicyclic) bond motifs is 1. The third kappa shape index (κ3) is 4.82. The highest BCUT2D eigenvalue weighted by Gasteiger charge is 2.23. The summed E-state index contributed by atoms with van der Waals surface area (Å²) in [7, 11) is 0. The highest BCUT2D eigenvalue weighted by Crippen LogP contribution is 2.27. The van der Waals surface area contributed by atoms with Gasteiger partial charge in [0.05, 0.1) is 18.9 Å². The van der Waals surface area contributed by atoms with Crippen molar-refractivity contribution >= 4 is 23.2 Å². The zero-order valence-electron chi connectivity index (χ0n) is 20.4. The molecule has 0 radical (unpaired) electrons. The van der Waals surface area contributed by atoms with Gasteiger partial charge in [-0.1, -0.05) is 30.3 Å². The van der Waals surface area contributed by atoms with Crippen molar-refractivity contribution in [1.29, 1.82) is 0 Å². The van der Waals surface area contributed by atoms with Crippen molar-refractivity contribution < 1.29 is 9.53 Å². The number of aromatic nitrogens is 3. The summed E-state index contributed by atoms with van der Waals surface area (Å²) in [5, 5.41) is 11.0. The molecule has 1 unspecified atom stereocenters. The van der Waals surface area contributed by atoms with E-state index in [0.717, 1.165) is 61.7 Å². The van der Waals surface area contributed by atoms with Crippen LogP contribution in [0.5, 0.6) is 0 Å². The van der Waals surface area contributed by atoms with Gasteiger partial charge in [-0.15, -0.1) is 5.10 Å². The summed E-state index contributed by atoms with van der Waals surface area (Å²) in [6, 6.07) is 22.8. The fraction of sp³-hybridized carbons (Fsp3) is 0.321. The molecular weight excluding hydrogens is 452 g/mol. The van der Waals surface area contributed by atoms with E-state index in [1.165, 1.54) is 5.56 Å². The molecule has 6 rings (SSSR count). The lowest BCUT2D eigenvalue weighted by Gasteiger charge is -2.32. The largest absolute Gasteiger partial charge is 0.379 e. The quantitative estimate of drug-likeness (QED) is 0.406. The number of amides is 1. The molecule has 0 spiro atoms. The number of benzene rings is 2. The molecule has 1 aliphatic heterocycles. The summed E-state index contributed by atoms with van der Waals surface area (Å²) in [5.74, 6) is 0.486. The van der Waals surface area contributed by atoms with Crippen LogP contribution in [0.2, 0.25) is 0 Å². The molecule has 2 aliphatic rings. The Morgan fingerprint density at radius 3 is 2.47 bits per heavy atom. The van der Waals surface area contributed by atoms with E-state index in [4.69, 9.17) is 9.84 Å². The van der Waals surface area contributed by atoms with E-state index >= 15 is 0 Å². The number of pyridine rings is 1. The zero-order chi connectivity index (χ0) is 24.5. The van der Waals surface area contributed by atoms with Gasteiger partial charge in [-0.05, 0) is 61.7 Å². The molecule has 8 nitrogen and oxygen atoms in total. The highest BCUT2D eigenvalue weighted by molar-refractivity contribution is 5.95. The average Bonchev–Trinajstić information content (AvgIpc) is 3.64. The van der Waals surface area contributed by atoms with Crippen molar-refractivity contribution in [2.45, 2.75) is 31.8 Å². The number of nitrogens with zero attached hydrogens (tertiary/aromatic N) is 4. The molecule has 2 aromatic heterocycles. The van der Waals surface area contributed by atoms with Gasteiger partial charge < -0.3 is 15.4 Å². The minimum atomic E-state index is -0.0232. The second kappa shape index (κ2) is 9.72. The Hall–Kier alpha value is -3.75. The van der Waals surface area contributed by atoms with E-state index < -0.39 is 0 Å². The smallest absolute Gasteiger partial charge is 0.251 e. The van der Waals surface area contributed by atoms with Crippen LogP contribution in [0.4, 0.5) is 11.6 Å². The molecule has 1 saturated heterocycles. The lowest BCUT2D eigenvalue weighted by atomic mass is 10.0. The van der Waals surface area contributed by atoms with Crippen molar-refractivity contribution in [3.05, 3.63) is 77.9 Å². The van der Waals surface area contributed by atoms with Crippen LogP contribution in [0.3, 0.4) is 0 Å². The first-order valence-electron chi connectivity index (χ1n) is 12.6. The first-order valence-corrected chi connectivity index (χ1v) is 12.6. The van der Waals surface area contributed by atoms with Crippen LogP contribution >= 0.6 is 0 Å². The van der Waals surface area contributed by atoms with Gasteiger partial charge in [-0.3, -0.25) is 9.69 Å². The maximum atomic E-state index is 12.2. The number of morpholine rings is 1. The molecule has 2 N–H and O–H groups in total. The van der Waals surface area contributed by atoms with Gasteiger partial charge in [0, 0.05) is 42.0 Å². The van der Waals surface area contributed by atoms with Gasteiger partial charge in [0.1, 0.15) is 0 Å². The molecule has 3 heterocycles. The predicted octanol–water partition coefficient (Wildman–Crippen LogP) is 4.43. The lowest BCUT2D eigenvalue weighted by Crippen LogP contribution is -2.37. The normalized spacial score (nSPS) is 17.1. The minimum absolute atomic E-state index is 0.0232. The average molecular weight is 483 g/mol. The van der Waals surface area contributed by atoms with Gasteiger partial charge >= 0.3 is 0 Å². The number of rotatable bonds is 7. The van der Waals surface area contributed by atoms with E-state index in [2.05, 4.69) is 57.8 Å². The number of ether oxygens (including phenoxy) is 1. The Morgan fingerprint density at radius 1 is 1.00 bits per heavy atom. The van der Waals surface area contributed by atoms with Gasteiger partial charge in [0.15, 0.2) is 5.65 Å². The van der Waals surface area contributed by atoms with Crippen molar-refractivity contribution in [2.24, 2.45) is 0 Å². The summed E-state index contributed by atoms with van der Waals surface area (Å²) in [5.41, 5.74) is 5.61. The molecule has 1 aliphatic carbocycles. The van der Waals surface area contributed by atoms with Crippen molar-refractivity contribution in [3.63, 3.8) is 0 Å². The van der Waals surface area contributed by atoms with Crippen LogP contribution in [0.25, 0.3) is 16.9 Å². The Labute approximate surface area is 210 Å². The molecule has 184 valence electrons. The number of hydrogen-bond donors (Lipinski definition) is 2. The monoisotopic (exact) mass is 482 g/mol. The van der Waals surface area contributed by atoms with Gasteiger partial charge in [0.2, 0.25) is 5.95 Å². The Morgan fingerprint density at radius 2 is 1.75 bits per heavy atom. The third-order valence-electron chi connectivity index (χ3n) is 6.96. The van der Waals surface area contributed by atoms with Gasteiger partial charge in [-0.25, -0.2) is 4.52 Å². The maximum absolute atomic E-state index is 12.2. The summed E-state index contributed by atoms with van der Waals surface area (Å²) in [4.78, 5) is 19.3. The number of hydrogen-bond acceptors (Lipinski definition) is 6. The molecule has 0 bridgehead atoms. The van der Waals surface area contributed by atoms with Gasteiger partial charge in [-0.2, -0.15) is 4.98 Å². The number of carbonyl (C=O) groups is 1. The number of carbonyl (C=O) groups excluding carboxylic acids is 1. The Kier molecular flexibility index (Phi) is 6.13. The van der Waals surface area contributed by atoms with E-state index in [0.29, 0.717) is 23.6 Å². The van der Waals surface area contributed by atoms with E-state index in [1.807, 2.05) is 40.9 Å². The molecule has 2 fully saturated rings. The predicted molar refractivity (Wildman–Crippen MR) is 139 cm³/mol. The topological polar surface area (TPSA) is 83.8 Å². The van der Waals surface area contributed by atoms with E-state index in [9.17, 15) is 4.79 Å². The highest BCUT2D eigenvalue weighted by atomic mass is 16.5. The second-order valence-electron chi connectivity index (χ2n) is 9.51. The fourth-order valence-electron chi connectivity index (χ4n) is 4.62. The van der Waals surface area contributed by atoms with Crippen LogP contribution in [0.15, 0.2) is 66.7 Å². The molecule has 1 atom stereocenters. The number of nitrogens with one attached hydrogen (secondary N) is 2. The Bertz CT molecular complexity index is 1360. The summed E-state index contributed by atoms with van der Waals surface area (Å²) < 4.78 is 7.35. The van der Waals surface area contributed by atoms with Crippen LogP contribution < -0.4 is 10.6 Å². The van der Waals surface area contributed by atoms with Crippen LogP contribution in [-0.4, -0.2) is 57.8 Å². The first-order chi connectivity index (χ1) is 17.6. The van der Waals surface area contributed by atoms with Crippen LogP contribution in [-0.2, 0) is 4.74 Å². The third-order valence-corrected chi connectivity index (χ3v) is 6.96. The van der Waals surface area contributed by atoms with Crippen LogP contribution in [0.1, 0.15) is 41.7 Å². The maximum Gasteiger partial charge on any atom is 0.251 e. The molecular formula is C28H30N6O2. The van der Waals surface area contributed by atoms with Crippen molar-refractivity contribution in [3.8, 4) is 11.3 Å². The number of anilines is 2.